The van der Waals surface area contributed by atoms with Gasteiger partial charge in [-0.25, -0.2) is 9.97 Å². The van der Waals surface area contributed by atoms with Gasteiger partial charge in [-0.15, -0.1) is 0 Å². The zero-order chi connectivity index (χ0) is 13.0. The van der Waals surface area contributed by atoms with Crippen LogP contribution in [0.4, 0.5) is 10.2 Å². The number of hydrogen-bond donors (Lipinski definition) is 2. The maximum absolute atomic E-state index is 12.8. The molecule has 94 valence electrons. The smallest absolute Gasteiger partial charge is 0.277 e. The summed E-state index contributed by atoms with van der Waals surface area (Å²) in [5, 5.41) is 2.46. The van der Waals surface area contributed by atoms with Crippen LogP contribution in [-0.4, -0.2) is 27.0 Å². The van der Waals surface area contributed by atoms with Gasteiger partial charge in [0.2, 0.25) is 5.95 Å². The van der Waals surface area contributed by atoms with E-state index in [4.69, 9.17) is 5.73 Å². The van der Waals surface area contributed by atoms with Gasteiger partial charge in [0.15, 0.2) is 0 Å². The first kappa shape index (κ1) is 12.2. The summed E-state index contributed by atoms with van der Waals surface area (Å²) < 4.78 is 14.5. The van der Waals surface area contributed by atoms with Crippen molar-refractivity contribution in [3.05, 3.63) is 42.4 Å². The van der Waals surface area contributed by atoms with Gasteiger partial charge in [0.25, 0.3) is 5.91 Å². The second-order valence-corrected chi connectivity index (χ2v) is 3.59. The van der Waals surface area contributed by atoms with Crippen LogP contribution in [0.5, 0.6) is 0 Å². The Morgan fingerprint density at radius 3 is 3.06 bits per heavy atom. The highest BCUT2D eigenvalue weighted by Gasteiger charge is 2.10. The van der Waals surface area contributed by atoms with Gasteiger partial charge >= 0.3 is 0 Å². The first-order valence-electron chi connectivity index (χ1n) is 5.35. The topological polar surface area (TPSA) is 85.8 Å². The summed E-state index contributed by atoms with van der Waals surface area (Å²) in [6.07, 6.45) is 3.09. The van der Waals surface area contributed by atoms with E-state index in [-0.39, 0.29) is 11.5 Å². The number of anilines is 1. The molecule has 0 atom stereocenters. The highest BCUT2D eigenvalue weighted by molar-refractivity contribution is 6.02. The fourth-order valence-corrected chi connectivity index (χ4v) is 1.41. The predicted octanol–water partition coefficient (Wildman–Crippen LogP) is 0.628. The summed E-state index contributed by atoms with van der Waals surface area (Å²) in [4.78, 5) is 19.2. The van der Waals surface area contributed by atoms with E-state index in [9.17, 15) is 9.18 Å². The molecule has 7 heteroatoms. The Hall–Kier alpha value is -2.28. The molecule has 0 saturated carbocycles. The maximum atomic E-state index is 12.8. The molecule has 3 N–H and O–H groups in total. The molecule has 2 aromatic rings. The molecular formula is C11H12FN5O. The monoisotopic (exact) mass is 249 g/mol. The predicted molar refractivity (Wildman–Crippen MR) is 63.4 cm³/mol. The minimum absolute atomic E-state index is 0.147. The number of carbonyl (C=O) groups excluding carboxylic acids is 1. The van der Waals surface area contributed by atoms with Crippen LogP contribution in [-0.2, 0) is 6.54 Å². The van der Waals surface area contributed by atoms with E-state index in [0.717, 1.165) is 0 Å². The molecule has 6 nitrogen and oxygen atoms in total. The fraction of sp³-hybridized carbons (Fsp3) is 0.182. The summed E-state index contributed by atoms with van der Waals surface area (Å²) in [7, 11) is 0. The van der Waals surface area contributed by atoms with Crippen molar-refractivity contribution in [2.24, 2.45) is 5.73 Å². The van der Waals surface area contributed by atoms with Crippen molar-refractivity contribution in [3.8, 4) is 0 Å². The van der Waals surface area contributed by atoms with Crippen molar-refractivity contribution in [2.45, 2.75) is 6.54 Å². The summed E-state index contributed by atoms with van der Waals surface area (Å²) in [6, 6.07) is 4.16. The maximum Gasteiger partial charge on any atom is 0.277 e. The Morgan fingerprint density at radius 1 is 1.50 bits per heavy atom. The average Bonchev–Trinajstić information content (AvgIpc) is 2.78. The molecule has 0 spiro atoms. The summed E-state index contributed by atoms with van der Waals surface area (Å²) in [5.41, 5.74) is 5.62. The first-order chi connectivity index (χ1) is 8.69. The van der Waals surface area contributed by atoms with Crippen molar-refractivity contribution in [1.29, 1.82) is 0 Å². The van der Waals surface area contributed by atoms with Gasteiger partial charge in [0.05, 0.1) is 6.33 Å². The molecule has 0 bridgehead atoms. The Labute approximate surface area is 103 Å². The Balaban J connectivity index is 2.07. The Morgan fingerprint density at radius 2 is 2.33 bits per heavy atom. The number of nitrogens with one attached hydrogen (secondary N) is 1. The average molecular weight is 249 g/mol. The third-order valence-electron chi connectivity index (χ3n) is 2.21. The summed E-state index contributed by atoms with van der Waals surface area (Å²) in [5.74, 6) is -0.946. The van der Waals surface area contributed by atoms with Crippen LogP contribution in [0.15, 0.2) is 30.7 Å². The number of pyridine rings is 1. The molecule has 18 heavy (non-hydrogen) atoms. The van der Waals surface area contributed by atoms with Gasteiger partial charge in [-0.05, 0) is 12.1 Å². The van der Waals surface area contributed by atoms with E-state index in [0.29, 0.717) is 13.1 Å². The SMILES string of the molecule is NCCn1cnc(C(=O)Nc2cccc(F)n2)c1. The van der Waals surface area contributed by atoms with Crippen LogP contribution in [0.3, 0.4) is 0 Å². The van der Waals surface area contributed by atoms with E-state index >= 15 is 0 Å². The largest absolute Gasteiger partial charge is 0.335 e. The van der Waals surface area contributed by atoms with Gasteiger partial charge in [-0.3, -0.25) is 4.79 Å². The van der Waals surface area contributed by atoms with Crippen molar-refractivity contribution in [1.82, 2.24) is 14.5 Å². The lowest BCUT2D eigenvalue weighted by Gasteiger charge is -2.01. The lowest BCUT2D eigenvalue weighted by atomic mass is 10.4. The minimum Gasteiger partial charge on any atom is -0.335 e. The normalized spacial score (nSPS) is 10.3. The number of nitrogens with two attached hydrogens (primary N) is 1. The van der Waals surface area contributed by atoms with Crippen LogP contribution >= 0.6 is 0 Å². The van der Waals surface area contributed by atoms with Gasteiger partial charge < -0.3 is 15.6 Å². The number of nitrogens with zero attached hydrogens (tertiary/aromatic N) is 3. The molecule has 1 amide bonds. The molecule has 0 radical (unpaired) electrons. The fourth-order valence-electron chi connectivity index (χ4n) is 1.41. The molecule has 0 saturated heterocycles. The molecule has 0 fully saturated rings. The van der Waals surface area contributed by atoms with E-state index < -0.39 is 11.9 Å². The minimum atomic E-state index is -0.651. The quantitative estimate of drug-likeness (QED) is 0.778. The zero-order valence-corrected chi connectivity index (χ0v) is 9.51. The van der Waals surface area contributed by atoms with E-state index in [1.807, 2.05) is 0 Å². The van der Waals surface area contributed by atoms with Crippen molar-refractivity contribution < 1.29 is 9.18 Å². The number of aromatic nitrogens is 3. The van der Waals surface area contributed by atoms with E-state index in [1.54, 1.807) is 10.8 Å². The van der Waals surface area contributed by atoms with E-state index in [2.05, 4.69) is 15.3 Å². The molecule has 0 aromatic carbocycles. The zero-order valence-electron chi connectivity index (χ0n) is 9.51. The third kappa shape index (κ3) is 2.89. The number of rotatable bonds is 4. The summed E-state index contributed by atoms with van der Waals surface area (Å²) >= 11 is 0. The third-order valence-corrected chi connectivity index (χ3v) is 2.21. The second kappa shape index (κ2) is 5.37. The number of carbonyl (C=O) groups is 1. The van der Waals surface area contributed by atoms with Crippen LogP contribution < -0.4 is 11.1 Å². The van der Waals surface area contributed by atoms with E-state index in [1.165, 1.54) is 24.5 Å². The molecule has 0 aliphatic heterocycles. The number of hydrogen-bond acceptors (Lipinski definition) is 4. The molecule has 0 aliphatic carbocycles. The number of amides is 1. The van der Waals surface area contributed by atoms with Gasteiger partial charge in [0, 0.05) is 19.3 Å². The second-order valence-electron chi connectivity index (χ2n) is 3.59. The molecule has 2 heterocycles. The van der Waals surface area contributed by atoms with Crippen LogP contribution in [0.2, 0.25) is 0 Å². The van der Waals surface area contributed by atoms with Crippen molar-refractivity contribution in [2.75, 3.05) is 11.9 Å². The molecule has 2 rings (SSSR count). The molecule has 0 aliphatic rings. The number of halogens is 1. The Kier molecular flexibility index (Phi) is 3.63. The van der Waals surface area contributed by atoms with Crippen LogP contribution in [0.25, 0.3) is 0 Å². The van der Waals surface area contributed by atoms with Crippen molar-refractivity contribution in [3.63, 3.8) is 0 Å². The van der Waals surface area contributed by atoms with Crippen molar-refractivity contribution >= 4 is 11.7 Å². The Bertz CT molecular complexity index is 554. The highest BCUT2D eigenvalue weighted by Crippen LogP contribution is 2.06. The van der Waals surface area contributed by atoms with Gasteiger partial charge in [0.1, 0.15) is 11.5 Å². The molecule has 2 aromatic heterocycles. The molecule has 0 unspecified atom stereocenters. The van der Waals surface area contributed by atoms with Gasteiger partial charge in [-0.2, -0.15) is 4.39 Å². The first-order valence-corrected chi connectivity index (χ1v) is 5.35. The lowest BCUT2D eigenvalue weighted by molar-refractivity contribution is 0.102. The number of imidazole rings is 1. The lowest BCUT2D eigenvalue weighted by Crippen LogP contribution is -2.14. The standard InChI is InChI=1S/C11H12FN5O/c12-9-2-1-3-10(15-9)16-11(18)8-6-17(5-4-13)7-14-8/h1-3,6-7H,4-5,13H2,(H,15,16,18). The highest BCUT2D eigenvalue weighted by atomic mass is 19.1. The summed E-state index contributed by atoms with van der Waals surface area (Å²) in [6.45, 7) is 1.04. The van der Waals surface area contributed by atoms with Crippen LogP contribution in [0, 0.1) is 5.95 Å². The van der Waals surface area contributed by atoms with Gasteiger partial charge in [-0.1, -0.05) is 6.07 Å². The van der Waals surface area contributed by atoms with Crippen LogP contribution in [0.1, 0.15) is 10.5 Å². The molecular weight excluding hydrogens is 237 g/mol.